The summed E-state index contributed by atoms with van der Waals surface area (Å²) in [6, 6.07) is 0. The number of hydrogen-bond acceptors (Lipinski definition) is 6. The van der Waals surface area contributed by atoms with E-state index in [1.54, 1.807) is 0 Å². The van der Waals surface area contributed by atoms with E-state index in [-0.39, 0.29) is 31.1 Å². The quantitative estimate of drug-likeness (QED) is 0.0262. The van der Waals surface area contributed by atoms with Crippen LogP contribution in [0.5, 0.6) is 0 Å². The Morgan fingerprint density at radius 3 is 0.900 bits per heavy atom. The molecule has 0 spiro atoms. The fraction of sp³-hybridized carbons (Fsp3) is 0.672. The first kappa shape index (κ1) is 66.1. The highest BCUT2D eigenvalue weighted by atomic mass is 16.6. The van der Waals surface area contributed by atoms with Crippen LogP contribution in [-0.4, -0.2) is 37.2 Å². The molecule has 0 N–H and O–H groups in total. The maximum Gasteiger partial charge on any atom is 0.306 e. The third-order valence-corrected chi connectivity index (χ3v) is 12.0. The maximum atomic E-state index is 12.8. The lowest BCUT2D eigenvalue weighted by molar-refractivity contribution is -0.167. The van der Waals surface area contributed by atoms with Gasteiger partial charge in [0, 0.05) is 19.3 Å². The monoisotopic (exact) mass is 971 g/mol. The van der Waals surface area contributed by atoms with Crippen molar-refractivity contribution in [2.24, 2.45) is 0 Å². The minimum Gasteiger partial charge on any atom is -0.462 e. The molecule has 1 unspecified atom stereocenters. The molecule has 0 aliphatic rings. The second kappa shape index (κ2) is 57.6. The van der Waals surface area contributed by atoms with Crippen LogP contribution in [0.3, 0.4) is 0 Å². The van der Waals surface area contributed by atoms with E-state index >= 15 is 0 Å². The summed E-state index contributed by atoms with van der Waals surface area (Å²) in [4.78, 5) is 38.0. The van der Waals surface area contributed by atoms with E-state index in [1.807, 2.05) is 0 Å². The van der Waals surface area contributed by atoms with Crippen LogP contribution in [0.25, 0.3) is 0 Å². The van der Waals surface area contributed by atoms with Crippen molar-refractivity contribution in [3.8, 4) is 0 Å². The number of rotatable bonds is 51. The first-order valence-corrected chi connectivity index (χ1v) is 28.9. The van der Waals surface area contributed by atoms with Gasteiger partial charge in [-0.2, -0.15) is 0 Å². The summed E-state index contributed by atoms with van der Waals surface area (Å²) in [5.41, 5.74) is 0. The molecule has 0 fully saturated rings. The number of carbonyl (C=O) groups excluding carboxylic acids is 3. The van der Waals surface area contributed by atoms with E-state index in [4.69, 9.17) is 14.2 Å². The summed E-state index contributed by atoms with van der Waals surface area (Å²) in [5, 5.41) is 0. The smallest absolute Gasteiger partial charge is 0.306 e. The predicted octanol–water partition coefficient (Wildman–Crippen LogP) is 19.5. The number of hydrogen-bond donors (Lipinski definition) is 0. The summed E-state index contributed by atoms with van der Waals surface area (Å²) in [6.45, 7) is 6.46. The first-order valence-electron chi connectivity index (χ1n) is 28.9. The highest BCUT2D eigenvalue weighted by Gasteiger charge is 2.19. The zero-order chi connectivity index (χ0) is 50.7. The molecule has 0 rings (SSSR count). The molecule has 1 atom stereocenters. The van der Waals surface area contributed by atoms with Gasteiger partial charge in [-0.1, -0.05) is 239 Å². The molecule has 6 heteroatoms. The molecular weight excluding hydrogens is 865 g/mol. The van der Waals surface area contributed by atoms with E-state index in [0.717, 1.165) is 135 Å². The van der Waals surface area contributed by atoms with Gasteiger partial charge >= 0.3 is 17.9 Å². The van der Waals surface area contributed by atoms with E-state index in [2.05, 4.69) is 130 Å². The zero-order valence-corrected chi connectivity index (χ0v) is 45.5. The van der Waals surface area contributed by atoms with Gasteiger partial charge in [-0.15, -0.1) is 0 Å². The topological polar surface area (TPSA) is 78.9 Å². The van der Waals surface area contributed by atoms with Crippen LogP contribution in [0.15, 0.2) is 109 Å². The Hall–Kier alpha value is -3.93. The van der Waals surface area contributed by atoms with Crippen molar-refractivity contribution in [3.63, 3.8) is 0 Å². The van der Waals surface area contributed by atoms with Crippen LogP contribution < -0.4 is 0 Å². The summed E-state index contributed by atoms with van der Waals surface area (Å²) >= 11 is 0. The Labute approximate surface area is 431 Å². The molecule has 398 valence electrons. The van der Waals surface area contributed by atoms with E-state index in [9.17, 15) is 14.4 Å². The van der Waals surface area contributed by atoms with Crippen molar-refractivity contribution >= 4 is 17.9 Å². The van der Waals surface area contributed by atoms with Gasteiger partial charge in [0.25, 0.3) is 0 Å². The number of allylic oxidation sites excluding steroid dienone is 18. The van der Waals surface area contributed by atoms with Gasteiger partial charge in [0.2, 0.25) is 0 Å². The lowest BCUT2D eigenvalue weighted by atomic mass is 10.1. The highest BCUT2D eigenvalue weighted by molar-refractivity contribution is 5.71. The van der Waals surface area contributed by atoms with E-state index in [0.29, 0.717) is 19.3 Å². The van der Waals surface area contributed by atoms with Crippen LogP contribution in [0, 0.1) is 0 Å². The van der Waals surface area contributed by atoms with E-state index < -0.39 is 6.10 Å². The molecule has 0 aromatic rings. The molecule has 0 radical (unpaired) electrons. The Morgan fingerprint density at radius 1 is 0.300 bits per heavy atom. The fourth-order valence-corrected chi connectivity index (χ4v) is 7.69. The number of esters is 3. The van der Waals surface area contributed by atoms with Crippen LogP contribution >= 0.6 is 0 Å². The molecule has 0 saturated heterocycles. The number of unbranched alkanes of at least 4 members (excludes halogenated alkanes) is 22. The second-order valence-electron chi connectivity index (χ2n) is 18.8. The van der Waals surface area contributed by atoms with Gasteiger partial charge in [-0.3, -0.25) is 14.4 Å². The van der Waals surface area contributed by atoms with Crippen molar-refractivity contribution < 1.29 is 28.6 Å². The minimum atomic E-state index is -0.792. The summed E-state index contributed by atoms with van der Waals surface area (Å²) in [6.07, 6.45) is 78.0. The van der Waals surface area contributed by atoms with Gasteiger partial charge in [0.05, 0.1) is 0 Å². The van der Waals surface area contributed by atoms with Gasteiger partial charge in [0.1, 0.15) is 13.2 Å². The Kier molecular flexibility index (Phi) is 54.4. The average molecular weight is 972 g/mol. The van der Waals surface area contributed by atoms with Crippen molar-refractivity contribution in [1.82, 2.24) is 0 Å². The molecule has 0 aromatic carbocycles. The normalized spacial score (nSPS) is 12.9. The van der Waals surface area contributed by atoms with Crippen LogP contribution in [0.2, 0.25) is 0 Å². The molecule has 0 heterocycles. The highest BCUT2D eigenvalue weighted by Crippen LogP contribution is 2.14. The SMILES string of the molecule is CC/C=C\C/C=C\C/C=C\C/C=C\C/C=C\C/C=C\C/C=C\C/C=C\CCCCCCC(=O)OCC(COC(=O)CCCCCCCCCCCC)OC(=O)CCCCCCC/C=C\CCCCCC. The molecular formula is C64H106O6. The Morgan fingerprint density at radius 2 is 0.557 bits per heavy atom. The van der Waals surface area contributed by atoms with Gasteiger partial charge in [0.15, 0.2) is 6.10 Å². The maximum absolute atomic E-state index is 12.8. The molecule has 0 aliphatic carbocycles. The molecule has 0 saturated carbocycles. The Balaban J connectivity index is 4.31. The standard InChI is InChI=1S/C64H106O6/c1-4-7-10-13-16-19-22-24-25-26-27-28-29-30-31-32-33-34-35-36-37-38-39-41-42-45-48-51-54-57-63(66)69-60-61(59-68-62(65)56-53-50-47-44-21-18-15-12-9-6-3)70-64(67)58-55-52-49-46-43-40-23-20-17-14-11-8-5-2/h7,10,16,19-20,23-25,27-28,30-31,33-34,36-37,39,41,61H,4-6,8-9,11-15,17-18,21-22,26,29,32,35,38,40,42-60H2,1-3H3/b10-7-,19-16-,23-20-,25-24-,28-27-,31-30-,34-33-,37-36-,41-39-. The average Bonchev–Trinajstić information content (AvgIpc) is 3.36. The van der Waals surface area contributed by atoms with Crippen LogP contribution in [-0.2, 0) is 28.6 Å². The van der Waals surface area contributed by atoms with Gasteiger partial charge in [-0.05, 0) is 109 Å². The van der Waals surface area contributed by atoms with Crippen molar-refractivity contribution in [2.75, 3.05) is 13.2 Å². The first-order chi connectivity index (χ1) is 34.5. The summed E-state index contributed by atoms with van der Waals surface area (Å²) in [7, 11) is 0. The Bertz CT molecular complexity index is 1440. The second-order valence-corrected chi connectivity index (χ2v) is 18.8. The van der Waals surface area contributed by atoms with Crippen molar-refractivity contribution in [1.29, 1.82) is 0 Å². The largest absolute Gasteiger partial charge is 0.462 e. The zero-order valence-electron chi connectivity index (χ0n) is 45.5. The fourth-order valence-electron chi connectivity index (χ4n) is 7.69. The third-order valence-electron chi connectivity index (χ3n) is 12.0. The predicted molar refractivity (Wildman–Crippen MR) is 302 cm³/mol. The van der Waals surface area contributed by atoms with E-state index in [1.165, 1.54) is 83.5 Å². The lowest BCUT2D eigenvalue weighted by Crippen LogP contribution is -2.30. The summed E-state index contributed by atoms with van der Waals surface area (Å²) in [5.74, 6) is -0.926. The number of ether oxygens (including phenoxy) is 3. The van der Waals surface area contributed by atoms with Gasteiger partial charge < -0.3 is 14.2 Å². The molecule has 0 bridgehead atoms. The van der Waals surface area contributed by atoms with Gasteiger partial charge in [-0.25, -0.2) is 0 Å². The van der Waals surface area contributed by atoms with Crippen molar-refractivity contribution in [3.05, 3.63) is 109 Å². The minimum absolute atomic E-state index is 0.0888. The molecule has 0 aliphatic heterocycles. The summed E-state index contributed by atoms with van der Waals surface area (Å²) < 4.78 is 16.8. The third kappa shape index (κ3) is 55.0. The lowest BCUT2D eigenvalue weighted by Gasteiger charge is -2.18. The van der Waals surface area contributed by atoms with Crippen LogP contribution in [0.1, 0.15) is 258 Å². The molecule has 0 amide bonds. The molecule has 6 nitrogen and oxygen atoms in total. The molecule has 70 heavy (non-hydrogen) atoms. The number of carbonyl (C=O) groups is 3. The molecule has 0 aromatic heterocycles. The van der Waals surface area contributed by atoms with Crippen molar-refractivity contribution in [2.45, 2.75) is 264 Å². The van der Waals surface area contributed by atoms with Crippen LogP contribution in [0.4, 0.5) is 0 Å².